The summed E-state index contributed by atoms with van der Waals surface area (Å²) in [4.78, 5) is 5.89. The van der Waals surface area contributed by atoms with Gasteiger partial charge in [0.05, 0.1) is 23.5 Å². The first kappa shape index (κ1) is 12.2. The number of nitrogens with zero attached hydrogens (tertiary/aromatic N) is 2. The first-order valence-corrected chi connectivity index (χ1v) is 7.71. The molecule has 0 saturated heterocycles. The molecule has 0 fully saturated rings. The molecule has 3 rings (SSSR count). The SMILES string of the molecule is ClCc1nc2cc(Br)ccc2n1Cc1cccs1. The molecule has 0 aliphatic heterocycles. The van der Waals surface area contributed by atoms with Gasteiger partial charge in [-0.25, -0.2) is 4.98 Å². The van der Waals surface area contributed by atoms with Gasteiger partial charge in [-0.15, -0.1) is 22.9 Å². The monoisotopic (exact) mass is 340 g/mol. The number of imidazole rings is 1. The van der Waals surface area contributed by atoms with Crippen molar-refractivity contribution in [1.82, 2.24) is 9.55 Å². The summed E-state index contributed by atoms with van der Waals surface area (Å²) in [6.45, 7) is 0.831. The van der Waals surface area contributed by atoms with Gasteiger partial charge in [-0.2, -0.15) is 0 Å². The van der Waals surface area contributed by atoms with Crippen molar-refractivity contribution in [3.63, 3.8) is 0 Å². The number of thiophene rings is 1. The third kappa shape index (κ3) is 2.20. The van der Waals surface area contributed by atoms with E-state index in [0.717, 1.165) is 27.9 Å². The number of alkyl halides is 1. The maximum absolute atomic E-state index is 5.99. The first-order chi connectivity index (χ1) is 8.78. The molecule has 0 spiro atoms. The molecule has 0 radical (unpaired) electrons. The molecule has 0 aliphatic rings. The topological polar surface area (TPSA) is 17.8 Å². The van der Waals surface area contributed by atoms with Gasteiger partial charge >= 0.3 is 0 Å². The van der Waals surface area contributed by atoms with Crippen molar-refractivity contribution in [2.45, 2.75) is 12.4 Å². The minimum absolute atomic E-state index is 0.428. The molecule has 1 aromatic carbocycles. The number of halogens is 2. The zero-order valence-corrected chi connectivity index (χ0v) is 12.6. The lowest BCUT2D eigenvalue weighted by molar-refractivity contribution is 0.789. The molecule has 92 valence electrons. The van der Waals surface area contributed by atoms with Crippen LogP contribution >= 0.6 is 38.9 Å². The maximum atomic E-state index is 5.99. The molecule has 0 saturated carbocycles. The Morgan fingerprint density at radius 3 is 2.94 bits per heavy atom. The van der Waals surface area contributed by atoms with Crippen molar-refractivity contribution < 1.29 is 0 Å². The molecule has 0 unspecified atom stereocenters. The van der Waals surface area contributed by atoms with Gasteiger partial charge in [-0.05, 0) is 29.6 Å². The highest BCUT2D eigenvalue weighted by Crippen LogP contribution is 2.23. The van der Waals surface area contributed by atoms with E-state index in [4.69, 9.17) is 11.6 Å². The van der Waals surface area contributed by atoms with Crippen LogP contribution in [0, 0.1) is 0 Å². The predicted molar refractivity (Wildman–Crippen MR) is 80.4 cm³/mol. The van der Waals surface area contributed by atoms with Crippen LogP contribution in [-0.2, 0) is 12.4 Å². The summed E-state index contributed by atoms with van der Waals surface area (Å²) in [5.74, 6) is 1.34. The Morgan fingerprint density at radius 2 is 2.22 bits per heavy atom. The fourth-order valence-corrected chi connectivity index (χ4v) is 3.24. The van der Waals surface area contributed by atoms with E-state index in [1.54, 1.807) is 11.3 Å². The molecule has 0 N–H and O–H groups in total. The van der Waals surface area contributed by atoms with Gasteiger partial charge in [0.15, 0.2) is 0 Å². The van der Waals surface area contributed by atoms with E-state index in [-0.39, 0.29) is 0 Å². The molecule has 0 amide bonds. The Balaban J connectivity index is 2.13. The zero-order chi connectivity index (χ0) is 12.5. The van der Waals surface area contributed by atoms with Crippen LogP contribution in [0.1, 0.15) is 10.7 Å². The molecule has 0 aliphatic carbocycles. The van der Waals surface area contributed by atoms with Crippen LogP contribution in [0.15, 0.2) is 40.2 Å². The minimum Gasteiger partial charge on any atom is -0.322 e. The second-order valence-corrected chi connectivity index (χ2v) is 6.18. The van der Waals surface area contributed by atoms with Gasteiger partial charge in [0.1, 0.15) is 5.82 Å². The van der Waals surface area contributed by atoms with E-state index < -0.39 is 0 Å². The van der Waals surface area contributed by atoms with E-state index >= 15 is 0 Å². The number of hydrogen-bond acceptors (Lipinski definition) is 2. The van der Waals surface area contributed by atoms with E-state index in [1.165, 1.54) is 4.88 Å². The number of benzene rings is 1. The number of fused-ring (bicyclic) bond motifs is 1. The summed E-state index contributed by atoms with van der Waals surface area (Å²) in [5.41, 5.74) is 2.11. The molecule has 5 heteroatoms. The number of aromatic nitrogens is 2. The van der Waals surface area contributed by atoms with Crippen LogP contribution in [0.2, 0.25) is 0 Å². The highest BCUT2D eigenvalue weighted by atomic mass is 79.9. The number of rotatable bonds is 3. The number of hydrogen-bond donors (Lipinski definition) is 0. The highest BCUT2D eigenvalue weighted by molar-refractivity contribution is 9.10. The summed E-state index contributed by atoms with van der Waals surface area (Å²) in [6.07, 6.45) is 0. The van der Waals surface area contributed by atoms with Crippen LogP contribution in [0.25, 0.3) is 11.0 Å². The molecule has 18 heavy (non-hydrogen) atoms. The molecule has 2 aromatic heterocycles. The molecule has 2 heterocycles. The molecular formula is C13H10BrClN2S. The van der Waals surface area contributed by atoms with E-state index in [2.05, 4.69) is 49.1 Å². The van der Waals surface area contributed by atoms with E-state index in [0.29, 0.717) is 5.88 Å². The molecular weight excluding hydrogens is 332 g/mol. The van der Waals surface area contributed by atoms with Gasteiger partial charge in [-0.1, -0.05) is 22.0 Å². The standard InChI is InChI=1S/C13H10BrClN2S/c14-9-3-4-12-11(6-9)16-13(7-15)17(12)8-10-2-1-5-18-10/h1-6H,7-8H2. The van der Waals surface area contributed by atoms with Crippen LogP contribution in [0.3, 0.4) is 0 Å². The molecule has 0 atom stereocenters. The van der Waals surface area contributed by atoms with Gasteiger partial charge in [0.25, 0.3) is 0 Å². The van der Waals surface area contributed by atoms with Gasteiger partial charge in [0.2, 0.25) is 0 Å². The van der Waals surface area contributed by atoms with Crippen molar-refractivity contribution >= 4 is 49.9 Å². The second-order valence-electron chi connectivity index (χ2n) is 3.96. The summed E-state index contributed by atoms with van der Waals surface area (Å²) in [5, 5.41) is 2.09. The lowest BCUT2D eigenvalue weighted by Gasteiger charge is -2.05. The van der Waals surface area contributed by atoms with Crippen LogP contribution < -0.4 is 0 Å². The van der Waals surface area contributed by atoms with Crippen molar-refractivity contribution in [3.05, 3.63) is 50.9 Å². The lowest BCUT2D eigenvalue weighted by Crippen LogP contribution is -2.02. The fourth-order valence-electron chi connectivity index (χ4n) is 1.99. The fraction of sp³-hybridized carbons (Fsp3) is 0.154. The predicted octanol–water partition coefficient (Wildman–Crippen LogP) is 4.65. The maximum Gasteiger partial charge on any atom is 0.125 e. The smallest absolute Gasteiger partial charge is 0.125 e. The summed E-state index contributed by atoms with van der Waals surface area (Å²) in [7, 11) is 0. The van der Waals surface area contributed by atoms with Gasteiger partial charge in [0, 0.05) is 9.35 Å². The third-order valence-electron chi connectivity index (χ3n) is 2.80. The second kappa shape index (κ2) is 5.03. The Kier molecular flexibility index (Phi) is 3.41. The normalized spacial score (nSPS) is 11.2. The van der Waals surface area contributed by atoms with Crippen LogP contribution in [0.4, 0.5) is 0 Å². The summed E-state index contributed by atoms with van der Waals surface area (Å²) >= 11 is 11.2. The largest absolute Gasteiger partial charge is 0.322 e. The Labute approximate surface area is 122 Å². The lowest BCUT2D eigenvalue weighted by atomic mass is 10.3. The van der Waals surface area contributed by atoms with Crippen molar-refractivity contribution in [2.75, 3.05) is 0 Å². The van der Waals surface area contributed by atoms with Crippen LogP contribution in [-0.4, -0.2) is 9.55 Å². The quantitative estimate of drug-likeness (QED) is 0.634. The summed E-state index contributed by atoms with van der Waals surface area (Å²) < 4.78 is 3.22. The van der Waals surface area contributed by atoms with Crippen LogP contribution in [0.5, 0.6) is 0 Å². The molecule has 2 nitrogen and oxygen atoms in total. The Hall–Kier alpha value is -0.840. The zero-order valence-electron chi connectivity index (χ0n) is 9.44. The molecule has 3 aromatic rings. The van der Waals surface area contributed by atoms with Crippen molar-refractivity contribution in [2.24, 2.45) is 0 Å². The average Bonchev–Trinajstić information content (AvgIpc) is 2.97. The highest BCUT2D eigenvalue weighted by Gasteiger charge is 2.10. The third-order valence-corrected chi connectivity index (χ3v) is 4.40. The average molecular weight is 342 g/mol. The van der Waals surface area contributed by atoms with E-state index in [9.17, 15) is 0 Å². The van der Waals surface area contributed by atoms with Gasteiger partial charge in [-0.3, -0.25) is 0 Å². The first-order valence-electron chi connectivity index (χ1n) is 5.51. The summed E-state index contributed by atoms with van der Waals surface area (Å²) in [6, 6.07) is 10.3. The Morgan fingerprint density at radius 1 is 1.33 bits per heavy atom. The molecule has 0 bridgehead atoms. The van der Waals surface area contributed by atoms with Crippen molar-refractivity contribution in [1.29, 1.82) is 0 Å². The Bertz CT molecular complexity index is 676. The van der Waals surface area contributed by atoms with E-state index in [1.807, 2.05) is 12.1 Å². The van der Waals surface area contributed by atoms with Gasteiger partial charge < -0.3 is 4.57 Å². The minimum atomic E-state index is 0.428. The van der Waals surface area contributed by atoms with Crippen molar-refractivity contribution in [3.8, 4) is 0 Å².